The molecule has 0 N–H and O–H groups in total. The van der Waals surface area contributed by atoms with E-state index >= 15 is 13.0 Å². The van der Waals surface area contributed by atoms with Gasteiger partial charge in [0.05, 0.1) is 4.75 Å². The second-order valence-electron chi connectivity index (χ2n) is 38.6. The van der Waals surface area contributed by atoms with E-state index in [2.05, 4.69) is 69.2 Å². The van der Waals surface area contributed by atoms with Gasteiger partial charge < -0.3 is 4.55 Å². The van der Waals surface area contributed by atoms with Crippen LogP contribution in [0.5, 0.6) is 0 Å². The summed E-state index contributed by atoms with van der Waals surface area (Å²) in [6.07, 6.45) is 115. The molecule has 1 fully saturated rings. The van der Waals surface area contributed by atoms with Crippen LogP contribution in [0, 0.1) is 27.6 Å². The van der Waals surface area contributed by atoms with Gasteiger partial charge in [-0.05, 0) is 91.8 Å². The predicted molar refractivity (Wildman–Crippen MR) is 498 cm³/mol. The average Bonchev–Trinajstić information content (AvgIpc) is 0.642. The van der Waals surface area contributed by atoms with Crippen molar-refractivity contribution in [2.45, 2.75) is 652 Å². The van der Waals surface area contributed by atoms with Crippen LogP contribution in [0.3, 0.4) is 0 Å². The molecule has 0 aromatic rings. The zero-order valence-electron chi connectivity index (χ0n) is 79.3. The number of hydrogen-bond donors (Lipinski definition) is 0. The molecule has 2 atom stereocenters. The van der Waals surface area contributed by atoms with Gasteiger partial charge in [-0.25, -0.2) is 8.42 Å². The van der Waals surface area contributed by atoms with Crippen LogP contribution >= 0.6 is 0 Å². The van der Waals surface area contributed by atoms with E-state index in [4.69, 9.17) is 0 Å². The molecular weight excluding hydrogens is 1380 g/mol. The summed E-state index contributed by atoms with van der Waals surface area (Å²) in [7, 11) is -4.94. The fourth-order valence-corrected chi connectivity index (χ4v) is 25.6. The third-order valence-corrected chi connectivity index (χ3v) is 31.5. The molecule has 0 aliphatic heterocycles. The maximum Gasteiger partial charge on any atom is 1.00 e. The molecule has 0 radical (unpaired) electrons. The first-order valence-electron chi connectivity index (χ1n) is 52.9. The van der Waals surface area contributed by atoms with Crippen molar-refractivity contribution >= 4 is 10.1 Å². The van der Waals surface area contributed by atoms with E-state index in [0.717, 1.165) is 51.4 Å². The summed E-state index contributed by atoms with van der Waals surface area (Å²) < 4.78 is 51.9. The summed E-state index contributed by atoms with van der Waals surface area (Å²) in [5, 5.41) is 0. The first-order chi connectivity index (χ1) is 54.0. The summed E-state index contributed by atoms with van der Waals surface area (Å²) in [6, 6.07) is 0. The number of unbranched alkanes of at least 4 members (excludes halogenated alkanes) is 70. The fraction of sp³-hybridized carbons (Fsp3) is 1.00. The average molecular weight is 1590 g/mol. The van der Waals surface area contributed by atoms with Crippen molar-refractivity contribution in [1.29, 1.82) is 0 Å². The van der Waals surface area contributed by atoms with Gasteiger partial charge in [-0.15, -0.1) is 0 Å². The molecule has 1 aliphatic carbocycles. The Hall–Kier alpha value is 0.910. The van der Waals surface area contributed by atoms with Gasteiger partial charge in [0.15, 0.2) is 0 Å². The minimum Gasteiger partial charge on any atom is -0.747 e. The van der Waals surface area contributed by atoms with Crippen molar-refractivity contribution in [3.8, 4) is 0 Å². The second kappa shape index (κ2) is 79.4. The Morgan fingerprint density at radius 1 is 0.180 bits per heavy atom. The van der Waals surface area contributed by atoms with E-state index in [1.54, 1.807) is 0 Å². The molecular formula is C106H211NaO3S. The number of hydrogen-bond acceptors (Lipinski definition) is 3. The van der Waals surface area contributed by atoms with Crippen LogP contribution in [0.4, 0.5) is 0 Å². The predicted octanol–water partition coefficient (Wildman–Crippen LogP) is 36.2. The third kappa shape index (κ3) is 47.2. The largest absolute Gasteiger partial charge is 1.00 e. The maximum atomic E-state index is 17.7. The molecule has 2 unspecified atom stereocenters. The van der Waals surface area contributed by atoms with Gasteiger partial charge >= 0.3 is 29.6 Å². The first kappa shape index (κ1) is 112. The van der Waals surface area contributed by atoms with Crippen LogP contribution in [0.2, 0.25) is 0 Å². The molecule has 0 saturated heterocycles. The van der Waals surface area contributed by atoms with Gasteiger partial charge in [0.2, 0.25) is 0 Å². The smallest absolute Gasteiger partial charge is 0.747 e. The van der Waals surface area contributed by atoms with E-state index in [0.29, 0.717) is 6.42 Å². The summed E-state index contributed by atoms with van der Waals surface area (Å²) in [4.78, 5) is 0. The molecule has 1 aliphatic rings. The van der Waals surface area contributed by atoms with Gasteiger partial charge in [-0.2, -0.15) is 0 Å². The van der Waals surface area contributed by atoms with Crippen molar-refractivity contribution in [2.75, 3.05) is 0 Å². The fourth-order valence-electron chi connectivity index (χ4n) is 23.6. The van der Waals surface area contributed by atoms with Gasteiger partial charge in [0.1, 0.15) is 10.1 Å². The van der Waals surface area contributed by atoms with Crippen LogP contribution in [0.25, 0.3) is 0 Å². The Bertz CT molecular complexity index is 1880. The van der Waals surface area contributed by atoms with Gasteiger partial charge in [0.25, 0.3) is 0 Å². The minimum absolute atomic E-state index is 0. The van der Waals surface area contributed by atoms with E-state index in [1.807, 2.05) is 0 Å². The quantitative estimate of drug-likeness (QED) is 0.0346. The first-order valence-corrected chi connectivity index (χ1v) is 54.4. The topological polar surface area (TPSA) is 57.2 Å². The molecule has 3 nitrogen and oxygen atoms in total. The minimum atomic E-state index is -4.94. The van der Waals surface area contributed by atoms with Gasteiger partial charge in [-0.3, -0.25) is 0 Å². The normalized spacial score (nSPS) is 16.7. The van der Waals surface area contributed by atoms with Gasteiger partial charge in [0, 0.05) is 0 Å². The SMILES string of the molecule is CCCCCCCCCCC1C(CCCCCCCCCC)(CCCCCCCCCC)C(CCCCCCCCCC)(CCCCCCCCCC)C(CCCCCCCCCC)(CCCCCCCCCC)C(CCCCCCCCCC)(CCCCCCCCCC)C1(CCCCCCCCCC)S(=O)(=O)[O-].[Na+]. The van der Waals surface area contributed by atoms with Crippen LogP contribution < -0.4 is 29.6 Å². The van der Waals surface area contributed by atoms with E-state index in [1.165, 1.54) is 520 Å². The van der Waals surface area contributed by atoms with Crippen LogP contribution in [-0.2, 0) is 10.1 Å². The van der Waals surface area contributed by atoms with Crippen molar-refractivity contribution in [1.82, 2.24) is 0 Å². The van der Waals surface area contributed by atoms with Gasteiger partial charge in [-0.1, -0.05) is 583 Å². The summed E-state index contributed by atoms with van der Waals surface area (Å²) in [5.41, 5.74) is -1.10. The molecule has 1 rings (SSSR count). The molecule has 0 aromatic carbocycles. The van der Waals surface area contributed by atoms with E-state index in [9.17, 15) is 0 Å². The molecule has 660 valence electrons. The summed E-state index contributed by atoms with van der Waals surface area (Å²) in [5.74, 6) is -0.0901. The Kier molecular flexibility index (Phi) is 80.0. The molecule has 0 amide bonds. The van der Waals surface area contributed by atoms with Crippen LogP contribution in [0.15, 0.2) is 0 Å². The van der Waals surface area contributed by atoms with E-state index < -0.39 is 20.3 Å². The third-order valence-electron chi connectivity index (χ3n) is 29.7. The molecule has 0 aromatic heterocycles. The molecule has 0 bridgehead atoms. The number of rotatable bonds is 91. The molecule has 1 saturated carbocycles. The van der Waals surface area contributed by atoms with Crippen LogP contribution in [-0.4, -0.2) is 17.7 Å². The molecule has 0 spiro atoms. The monoisotopic (exact) mass is 1590 g/mol. The van der Waals surface area contributed by atoms with Crippen molar-refractivity contribution in [3.05, 3.63) is 0 Å². The van der Waals surface area contributed by atoms with Crippen LogP contribution in [0.1, 0.15) is 647 Å². The summed E-state index contributed by atoms with van der Waals surface area (Å²) in [6.45, 7) is 23.8. The molecule has 111 heavy (non-hydrogen) atoms. The molecule has 5 heteroatoms. The van der Waals surface area contributed by atoms with E-state index in [-0.39, 0.29) is 51.7 Å². The Morgan fingerprint density at radius 2 is 0.324 bits per heavy atom. The Labute approximate surface area is 726 Å². The zero-order valence-corrected chi connectivity index (χ0v) is 82.2. The van der Waals surface area contributed by atoms with Crippen molar-refractivity contribution in [2.24, 2.45) is 27.6 Å². The van der Waals surface area contributed by atoms with Crippen molar-refractivity contribution in [3.63, 3.8) is 0 Å². The standard InChI is InChI=1S/C106H212O3S.Na/c1-11-21-31-41-51-61-71-81-91-101-102(92-82-72-62-52-42-32-22-12-2,93-83-73-63-53-43-33-23-13-3)103(94-84-74-64-54-44-34-24-14-4,95-85-75-65-55-45-35-25-15-5)104(96-86-76-66-56-46-36-26-16-6,97-87-77-67-57-47-37-27-17-7)105(98-88-78-68-58-48-38-28-18-8,99-89-79-69-59-49-39-29-19-9)106(101,110(107,108)109)100-90-80-70-60-50-40-30-20-10;/h101H,11-100H2,1-10H3,(H,107,108,109);/q;+1/p-1. The maximum absolute atomic E-state index is 17.7. The zero-order chi connectivity index (χ0) is 80.2. The molecule has 0 heterocycles. The second-order valence-corrected chi connectivity index (χ2v) is 40.2. The summed E-state index contributed by atoms with van der Waals surface area (Å²) >= 11 is 0. The Morgan fingerprint density at radius 3 is 0.514 bits per heavy atom. The Balaban J connectivity index is 0.000121. The van der Waals surface area contributed by atoms with Crippen molar-refractivity contribution < 1.29 is 42.5 Å².